The second-order valence-corrected chi connectivity index (χ2v) is 8.42. The maximum absolute atomic E-state index is 13.3. The van der Waals surface area contributed by atoms with E-state index in [1.54, 1.807) is 49.9 Å². The zero-order valence-electron chi connectivity index (χ0n) is 18.8. The summed E-state index contributed by atoms with van der Waals surface area (Å²) in [5.74, 6) is -0.329. The minimum atomic E-state index is -0.999. The number of hydrogen-bond acceptors (Lipinski definition) is 5. The van der Waals surface area contributed by atoms with Gasteiger partial charge in [0.1, 0.15) is 18.2 Å². The zero-order valence-corrected chi connectivity index (χ0v) is 18.8. The number of amides is 3. The molecule has 8 heteroatoms. The number of carbonyl (C=O) groups excluding carboxylic acids is 3. The van der Waals surface area contributed by atoms with Gasteiger partial charge in [-0.05, 0) is 45.4 Å². The van der Waals surface area contributed by atoms with E-state index in [0.29, 0.717) is 17.9 Å². The lowest BCUT2D eigenvalue weighted by atomic mass is 10.2. The van der Waals surface area contributed by atoms with Crippen molar-refractivity contribution in [3.63, 3.8) is 0 Å². The summed E-state index contributed by atoms with van der Waals surface area (Å²) in [6.07, 6.45) is -1.33. The van der Waals surface area contributed by atoms with Crippen molar-refractivity contribution in [2.24, 2.45) is 0 Å². The third-order valence-corrected chi connectivity index (χ3v) is 4.83. The molecule has 1 heterocycles. The number of carbonyl (C=O) groups is 3. The Labute approximate surface area is 188 Å². The summed E-state index contributed by atoms with van der Waals surface area (Å²) >= 11 is 0. The van der Waals surface area contributed by atoms with Crippen LogP contribution in [0, 0.1) is 0 Å². The smallest absolute Gasteiger partial charge is 0.414 e. The number of fused-ring (bicyclic) bond motifs is 1. The molecule has 0 bridgehead atoms. The molecular weight excluding hydrogens is 410 g/mol. The summed E-state index contributed by atoms with van der Waals surface area (Å²) in [7, 11) is 0. The average molecular weight is 440 g/mol. The SMILES string of the molecule is CCN1C(=O)C(NC(=O)OC(C)(C)C)CN(C(=O)OCc2ccccc2)c2ccccc21. The molecule has 0 saturated heterocycles. The van der Waals surface area contributed by atoms with Crippen molar-refractivity contribution in [1.82, 2.24) is 5.32 Å². The number of nitrogens with one attached hydrogen (secondary N) is 1. The summed E-state index contributed by atoms with van der Waals surface area (Å²) in [4.78, 5) is 41.7. The molecule has 1 aliphatic heterocycles. The predicted molar refractivity (Wildman–Crippen MR) is 122 cm³/mol. The van der Waals surface area contributed by atoms with Gasteiger partial charge in [0, 0.05) is 6.54 Å². The fourth-order valence-corrected chi connectivity index (χ4v) is 3.44. The molecule has 170 valence electrons. The summed E-state index contributed by atoms with van der Waals surface area (Å²) < 4.78 is 10.9. The number of anilines is 2. The van der Waals surface area contributed by atoms with Gasteiger partial charge in [-0.25, -0.2) is 9.59 Å². The number of rotatable bonds is 4. The molecule has 0 aliphatic carbocycles. The molecule has 3 rings (SSSR count). The van der Waals surface area contributed by atoms with E-state index in [4.69, 9.17) is 9.47 Å². The summed E-state index contributed by atoms with van der Waals surface area (Å²) in [6.45, 7) is 7.43. The van der Waals surface area contributed by atoms with E-state index >= 15 is 0 Å². The van der Waals surface area contributed by atoms with Crippen molar-refractivity contribution in [3.8, 4) is 0 Å². The molecule has 32 heavy (non-hydrogen) atoms. The fraction of sp³-hybridized carbons (Fsp3) is 0.375. The van der Waals surface area contributed by atoms with Crippen molar-refractivity contribution in [2.75, 3.05) is 22.9 Å². The third-order valence-electron chi connectivity index (χ3n) is 4.83. The molecular formula is C24H29N3O5. The topological polar surface area (TPSA) is 88.2 Å². The number of hydrogen-bond donors (Lipinski definition) is 1. The first-order valence-corrected chi connectivity index (χ1v) is 10.6. The number of para-hydroxylation sites is 2. The molecule has 1 unspecified atom stereocenters. The van der Waals surface area contributed by atoms with Crippen molar-refractivity contribution in [2.45, 2.75) is 45.9 Å². The molecule has 0 saturated carbocycles. The van der Waals surface area contributed by atoms with Crippen LogP contribution in [0.25, 0.3) is 0 Å². The van der Waals surface area contributed by atoms with Crippen LogP contribution < -0.4 is 15.1 Å². The van der Waals surface area contributed by atoms with E-state index in [1.807, 2.05) is 37.3 Å². The van der Waals surface area contributed by atoms with E-state index in [1.165, 1.54) is 4.90 Å². The van der Waals surface area contributed by atoms with Crippen LogP contribution in [0.5, 0.6) is 0 Å². The predicted octanol–water partition coefficient (Wildman–Crippen LogP) is 4.09. The molecule has 1 aliphatic rings. The van der Waals surface area contributed by atoms with E-state index in [9.17, 15) is 14.4 Å². The minimum Gasteiger partial charge on any atom is -0.444 e. The molecule has 2 aromatic rings. The van der Waals surface area contributed by atoms with Gasteiger partial charge < -0.3 is 19.7 Å². The molecule has 0 fully saturated rings. The number of alkyl carbamates (subject to hydrolysis) is 1. The molecule has 3 amide bonds. The lowest BCUT2D eigenvalue weighted by Crippen LogP contribution is -2.53. The summed E-state index contributed by atoms with van der Waals surface area (Å²) in [6, 6.07) is 15.4. The molecule has 0 radical (unpaired) electrons. The average Bonchev–Trinajstić information content (AvgIpc) is 2.86. The largest absolute Gasteiger partial charge is 0.444 e. The van der Waals surface area contributed by atoms with Gasteiger partial charge in [-0.3, -0.25) is 9.69 Å². The molecule has 0 aromatic heterocycles. The van der Waals surface area contributed by atoms with E-state index in [0.717, 1.165) is 5.56 Å². The highest BCUT2D eigenvalue weighted by atomic mass is 16.6. The van der Waals surface area contributed by atoms with Gasteiger partial charge >= 0.3 is 12.2 Å². The number of likely N-dealkylation sites (N-methyl/N-ethyl adjacent to an activating group) is 1. The third kappa shape index (κ3) is 5.57. The van der Waals surface area contributed by atoms with Crippen molar-refractivity contribution in [3.05, 3.63) is 60.2 Å². The first-order valence-electron chi connectivity index (χ1n) is 10.6. The van der Waals surface area contributed by atoms with E-state index in [2.05, 4.69) is 5.32 Å². The van der Waals surface area contributed by atoms with Crippen LogP contribution in [0.3, 0.4) is 0 Å². The normalized spacial score (nSPS) is 16.1. The van der Waals surface area contributed by atoms with Crippen LogP contribution in [0.1, 0.15) is 33.3 Å². The van der Waals surface area contributed by atoms with E-state index < -0.39 is 23.8 Å². The Bertz CT molecular complexity index is 971. The van der Waals surface area contributed by atoms with Crippen LogP contribution in [-0.2, 0) is 20.9 Å². The zero-order chi connectivity index (χ0) is 23.3. The van der Waals surface area contributed by atoms with Crippen molar-refractivity contribution in [1.29, 1.82) is 0 Å². The second kappa shape index (κ2) is 9.72. The van der Waals surface area contributed by atoms with Crippen molar-refractivity contribution < 1.29 is 23.9 Å². The Hall–Kier alpha value is -3.55. The molecule has 0 spiro atoms. The maximum Gasteiger partial charge on any atom is 0.414 e. The first kappa shape index (κ1) is 23.1. The molecule has 2 aromatic carbocycles. The maximum atomic E-state index is 13.3. The first-order chi connectivity index (χ1) is 15.2. The lowest BCUT2D eigenvalue weighted by molar-refractivity contribution is -0.120. The van der Waals surface area contributed by atoms with Crippen molar-refractivity contribution >= 4 is 29.5 Å². The summed E-state index contributed by atoms with van der Waals surface area (Å²) in [5.41, 5.74) is 1.23. The van der Waals surface area contributed by atoms with E-state index in [-0.39, 0.29) is 19.1 Å². The van der Waals surface area contributed by atoms with Crippen LogP contribution in [0.4, 0.5) is 21.0 Å². The standard InChI is InChI=1S/C24H29N3O5/c1-5-26-19-13-9-10-14-20(19)27(23(30)31-16-17-11-7-6-8-12-17)15-18(21(26)28)25-22(29)32-24(2,3)4/h6-14,18H,5,15-16H2,1-4H3,(H,25,29). The quantitative estimate of drug-likeness (QED) is 0.775. The van der Waals surface area contributed by atoms with Gasteiger partial charge in [0.05, 0.1) is 17.9 Å². The Kier molecular flexibility index (Phi) is 7.02. The molecule has 1 atom stereocenters. The number of ether oxygens (including phenoxy) is 2. The Morgan fingerprint density at radius 3 is 2.28 bits per heavy atom. The molecule has 8 nitrogen and oxygen atoms in total. The number of nitrogens with zero attached hydrogens (tertiary/aromatic N) is 2. The van der Waals surface area contributed by atoms with Crippen LogP contribution in [0.2, 0.25) is 0 Å². The highest BCUT2D eigenvalue weighted by Crippen LogP contribution is 2.33. The highest BCUT2D eigenvalue weighted by molar-refractivity contribution is 6.06. The van der Waals surface area contributed by atoms with Crippen LogP contribution in [-0.4, -0.2) is 42.8 Å². The minimum absolute atomic E-state index is 0.0841. The van der Waals surface area contributed by atoms with Crippen LogP contribution >= 0.6 is 0 Å². The Balaban J connectivity index is 1.88. The summed E-state index contributed by atoms with van der Waals surface area (Å²) in [5, 5.41) is 2.62. The second-order valence-electron chi connectivity index (χ2n) is 8.42. The highest BCUT2D eigenvalue weighted by Gasteiger charge is 2.37. The monoisotopic (exact) mass is 439 g/mol. The van der Waals surface area contributed by atoms with Gasteiger partial charge in [0.2, 0.25) is 0 Å². The van der Waals surface area contributed by atoms with Crippen LogP contribution in [0.15, 0.2) is 54.6 Å². The number of benzene rings is 2. The Morgan fingerprint density at radius 1 is 1.03 bits per heavy atom. The molecule has 1 N–H and O–H groups in total. The fourth-order valence-electron chi connectivity index (χ4n) is 3.44. The van der Waals surface area contributed by atoms with Gasteiger partial charge in [0.15, 0.2) is 0 Å². The van der Waals surface area contributed by atoms with Gasteiger partial charge in [-0.1, -0.05) is 42.5 Å². The van der Waals surface area contributed by atoms with Gasteiger partial charge in [-0.2, -0.15) is 0 Å². The Morgan fingerprint density at radius 2 is 1.66 bits per heavy atom. The van der Waals surface area contributed by atoms with Gasteiger partial charge in [-0.15, -0.1) is 0 Å². The lowest BCUT2D eigenvalue weighted by Gasteiger charge is -2.26. The van der Waals surface area contributed by atoms with Gasteiger partial charge in [0.25, 0.3) is 5.91 Å².